The summed E-state index contributed by atoms with van der Waals surface area (Å²) in [4.78, 5) is 25.8. The van der Waals surface area contributed by atoms with Crippen molar-refractivity contribution in [3.63, 3.8) is 0 Å². The summed E-state index contributed by atoms with van der Waals surface area (Å²) in [5, 5.41) is 20.1. The van der Waals surface area contributed by atoms with E-state index in [1.165, 1.54) is 31.5 Å². The maximum absolute atomic E-state index is 11.1. The molecule has 0 radical (unpaired) electrons. The number of carboxylic acids is 1. The zero-order chi connectivity index (χ0) is 22.4. The minimum atomic E-state index is -1.01. The summed E-state index contributed by atoms with van der Waals surface area (Å²) in [6.45, 7) is 0.166. The van der Waals surface area contributed by atoms with Gasteiger partial charge in [-0.25, -0.2) is 4.79 Å². The lowest BCUT2D eigenvalue weighted by Gasteiger charge is -2.11. The molecule has 0 aliphatic rings. The van der Waals surface area contributed by atoms with Crippen molar-refractivity contribution in [3.8, 4) is 11.5 Å². The van der Waals surface area contributed by atoms with Gasteiger partial charge >= 0.3 is 5.97 Å². The van der Waals surface area contributed by atoms with Crippen molar-refractivity contribution in [3.05, 3.63) is 92.5 Å². The number of carbonyl (C=O) groups is 1. The molecule has 0 aliphatic heterocycles. The Morgan fingerprint density at radius 2 is 1.97 bits per heavy atom. The molecule has 0 fully saturated rings. The van der Waals surface area contributed by atoms with Gasteiger partial charge in [0.15, 0.2) is 11.5 Å². The Labute approximate surface area is 182 Å². The van der Waals surface area contributed by atoms with Gasteiger partial charge in [0, 0.05) is 12.3 Å². The monoisotopic (exact) mass is 440 g/mol. The molecule has 0 unspecified atom stereocenters. The van der Waals surface area contributed by atoms with Crippen molar-refractivity contribution in [1.82, 2.24) is 0 Å². The number of rotatable bonds is 8. The average Bonchev–Trinajstić information content (AvgIpc) is 2.77. The summed E-state index contributed by atoms with van der Waals surface area (Å²) in [5.41, 5.74) is 1.74. The predicted octanol–water partition coefficient (Wildman–Crippen LogP) is 5.28. The van der Waals surface area contributed by atoms with E-state index in [2.05, 4.69) is 4.99 Å². The molecule has 0 bridgehead atoms. The number of hydrogen-bond donors (Lipinski definition) is 1. The molecule has 0 aliphatic carbocycles. The SMILES string of the molecule is COc1cc(C=Nc2ccc(Cl)c([N+](=O)[O-])c2)ccc1OCc1cccc(C(=O)O)c1. The van der Waals surface area contributed by atoms with Crippen LogP contribution in [0.2, 0.25) is 5.02 Å². The molecular weight excluding hydrogens is 424 g/mol. The summed E-state index contributed by atoms with van der Waals surface area (Å²) in [7, 11) is 1.50. The molecule has 0 heterocycles. The third kappa shape index (κ3) is 5.58. The number of aliphatic imine (C=N–C) groups is 1. The Hall–Kier alpha value is -3.91. The molecule has 31 heavy (non-hydrogen) atoms. The summed E-state index contributed by atoms with van der Waals surface area (Å²) in [6.07, 6.45) is 1.54. The Morgan fingerprint density at radius 3 is 2.68 bits per heavy atom. The standard InChI is InChI=1S/C22H17ClN2O6/c1-30-21-10-14(12-24-17-6-7-18(23)19(11-17)25(28)29)5-8-20(21)31-13-15-3-2-4-16(9-15)22(26)27/h2-12H,13H2,1H3,(H,26,27). The molecule has 0 saturated carbocycles. The highest BCUT2D eigenvalue weighted by molar-refractivity contribution is 6.32. The van der Waals surface area contributed by atoms with Crippen LogP contribution in [0.4, 0.5) is 11.4 Å². The van der Waals surface area contributed by atoms with Crippen LogP contribution in [-0.2, 0) is 6.61 Å². The van der Waals surface area contributed by atoms with Crippen molar-refractivity contribution in [2.75, 3.05) is 7.11 Å². The minimum Gasteiger partial charge on any atom is -0.493 e. The van der Waals surface area contributed by atoms with Crippen LogP contribution in [0.25, 0.3) is 0 Å². The third-order valence-electron chi connectivity index (χ3n) is 4.25. The van der Waals surface area contributed by atoms with E-state index in [1.807, 2.05) is 0 Å². The molecule has 158 valence electrons. The van der Waals surface area contributed by atoms with E-state index in [0.717, 1.165) is 0 Å². The Morgan fingerprint density at radius 1 is 1.16 bits per heavy atom. The highest BCUT2D eigenvalue weighted by atomic mass is 35.5. The van der Waals surface area contributed by atoms with Crippen molar-refractivity contribution < 1.29 is 24.3 Å². The summed E-state index contributed by atoms with van der Waals surface area (Å²) < 4.78 is 11.1. The third-order valence-corrected chi connectivity index (χ3v) is 4.56. The average molecular weight is 441 g/mol. The molecule has 0 aromatic heterocycles. The fourth-order valence-electron chi connectivity index (χ4n) is 2.71. The summed E-state index contributed by atoms with van der Waals surface area (Å²) >= 11 is 5.81. The molecular formula is C22H17ClN2O6. The molecule has 0 atom stereocenters. The molecule has 0 saturated heterocycles. The van der Waals surface area contributed by atoms with Gasteiger partial charge < -0.3 is 14.6 Å². The number of nitro groups is 1. The maximum atomic E-state index is 11.1. The van der Waals surface area contributed by atoms with Gasteiger partial charge in [-0.3, -0.25) is 15.1 Å². The van der Waals surface area contributed by atoms with Crippen LogP contribution in [0, 0.1) is 10.1 Å². The molecule has 0 amide bonds. The fraction of sp³-hybridized carbons (Fsp3) is 0.0909. The lowest BCUT2D eigenvalue weighted by Crippen LogP contribution is -2.01. The summed E-state index contributed by atoms with van der Waals surface area (Å²) in [6, 6.07) is 15.9. The van der Waals surface area contributed by atoms with Gasteiger partial charge in [0.1, 0.15) is 11.6 Å². The predicted molar refractivity (Wildman–Crippen MR) is 116 cm³/mol. The van der Waals surface area contributed by atoms with Gasteiger partial charge in [0.2, 0.25) is 0 Å². The van der Waals surface area contributed by atoms with Crippen LogP contribution in [0.3, 0.4) is 0 Å². The van der Waals surface area contributed by atoms with E-state index in [1.54, 1.807) is 42.5 Å². The van der Waals surface area contributed by atoms with Gasteiger partial charge in [-0.1, -0.05) is 23.7 Å². The lowest BCUT2D eigenvalue weighted by atomic mass is 10.1. The smallest absolute Gasteiger partial charge is 0.335 e. The normalized spacial score (nSPS) is 10.8. The number of benzene rings is 3. The number of ether oxygens (including phenoxy) is 2. The van der Waals surface area contributed by atoms with Crippen LogP contribution in [-0.4, -0.2) is 29.3 Å². The Bertz CT molecular complexity index is 1160. The van der Waals surface area contributed by atoms with Gasteiger partial charge in [-0.2, -0.15) is 0 Å². The van der Waals surface area contributed by atoms with Crippen molar-refractivity contribution in [2.45, 2.75) is 6.61 Å². The van der Waals surface area contributed by atoms with E-state index >= 15 is 0 Å². The quantitative estimate of drug-likeness (QED) is 0.289. The second-order valence-corrected chi connectivity index (χ2v) is 6.76. The molecule has 3 aromatic rings. The number of methoxy groups -OCH3 is 1. The Kier molecular flexibility index (Phi) is 6.84. The van der Waals surface area contributed by atoms with Crippen LogP contribution in [0.15, 0.2) is 65.7 Å². The number of halogens is 1. The van der Waals surface area contributed by atoms with E-state index in [9.17, 15) is 14.9 Å². The first-order chi connectivity index (χ1) is 14.9. The first-order valence-electron chi connectivity index (χ1n) is 8.98. The number of aromatic carboxylic acids is 1. The van der Waals surface area contributed by atoms with Crippen molar-refractivity contribution >= 4 is 35.2 Å². The molecule has 1 N–H and O–H groups in total. The molecule has 3 rings (SSSR count). The topological polar surface area (TPSA) is 111 Å². The second-order valence-electron chi connectivity index (χ2n) is 6.36. The molecule has 8 nitrogen and oxygen atoms in total. The lowest BCUT2D eigenvalue weighted by molar-refractivity contribution is -0.384. The number of hydrogen-bond acceptors (Lipinski definition) is 6. The van der Waals surface area contributed by atoms with E-state index in [0.29, 0.717) is 28.3 Å². The molecule has 9 heteroatoms. The maximum Gasteiger partial charge on any atom is 0.335 e. The fourth-order valence-corrected chi connectivity index (χ4v) is 2.90. The van der Waals surface area contributed by atoms with Crippen molar-refractivity contribution in [1.29, 1.82) is 0 Å². The summed E-state index contributed by atoms with van der Waals surface area (Å²) in [5.74, 6) is -0.0722. The largest absolute Gasteiger partial charge is 0.493 e. The first-order valence-corrected chi connectivity index (χ1v) is 9.36. The Balaban J connectivity index is 1.75. The number of nitrogens with zero attached hydrogens (tertiary/aromatic N) is 2. The molecule has 0 spiro atoms. The van der Waals surface area contributed by atoms with Crippen LogP contribution in [0.5, 0.6) is 11.5 Å². The zero-order valence-corrected chi connectivity index (χ0v) is 17.1. The van der Waals surface area contributed by atoms with Crippen LogP contribution < -0.4 is 9.47 Å². The minimum absolute atomic E-state index is 0.0426. The van der Waals surface area contributed by atoms with Crippen molar-refractivity contribution in [2.24, 2.45) is 4.99 Å². The van der Waals surface area contributed by atoms with Gasteiger partial charge in [-0.15, -0.1) is 0 Å². The van der Waals surface area contributed by atoms with Gasteiger partial charge in [-0.05, 0) is 53.6 Å². The highest BCUT2D eigenvalue weighted by Gasteiger charge is 2.12. The molecule has 3 aromatic carbocycles. The second kappa shape index (κ2) is 9.73. The van der Waals surface area contributed by atoms with Gasteiger partial charge in [0.05, 0.1) is 23.3 Å². The van der Waals surface area contributed by atoms with E-state index < -0.39 is 10.9 Å². The number of carboxylic acid groups (broad SMARTS) is 1. The van der Waals surface area contributed by atoms with E-state index in [-0.39, 0.29) is 22.9 Å². The van der Waals surface area contributed by atoms with Crippen LogP contribution >= 0.6 is 11.6 Å². The highest BCUT2D eigenvalue weighted by Crippen LogP contribution is 2.30. The number of nitro benzene ring substituents is 1. The van der Waals surface area contributed by atoms with Crippen LogP contribution in [0.1, 0.15) is 21.5 Å². The van der Waals surface area contributed by atoms with E-state index in [4.69, 9.17) is 26.2 Å². The zero-order valence-electron chi connectivity index (χ0n) is 16.3. The van der Waals surface area contributed by atoms with Gasteiger partial charge in [0.25, 0.3) is 5.69 Å². The first kappa shape index (κ1) is 21.8.